The van der Waals surface area contributed by atoms with Crippen molar-refractivity contribution >= 4 is 5.82 Å². The summed E-state index contributed by atoms with van der Waals surface area (Å²) < 4.78 is 0. The highest BCUT2D eigenvalue weighted by Crippen LogP contribution is 2.08. The van der Waals surface area contributed by atoms with Crippen LogP contribution < -0.4 is 10.2 Å². The molecule has 21 heavy (non-hydrogen) atoms. The van der Waals surface area contributed by atoms with Crippen LogP contribution in [0.4, 0.5) is 5.82 Å². The number of pyridine rings is 1. The number of rotatable bonds is 7. The third kappa shape index (κ3) is 5.11. The molecule has 2 rings (SSSR count). The summed E-state index contributed by atoms with van der Waals surface area (Å²) >= 11 is 0. The summed E-state index contributed by atoms with van der Waals surface area (Å²) in [4.78, 5) is 15.1. The van der Waals surface area contributed by atoms with Crippen molar-refractivity contribution in [3.05, 3.63) is 48.2 Å². The van der Waals surface area contributed by atoms with Gasteiger partial charge in [-0.05, 0) is 24.1 Å². The van der Waals surface area contributed by atoms with Crippen LogP contribution in [0.25, 0.3) is 0 Å². The first-order chi connectivity index (χ1) is 10.1. The normalized spacial score (nSPS) is 10.9. The van der Waals surface area contributed by atoms with Gasteiger partial charge in [-0.15, -0.1) is 0 Å². The van der Waals surface area contributed by atoms with Crippen molar-refractivity contribution < 1.29 is 0 Å². The minimum absolute atomic E-state index is 0.453. The van der Waals surface area contributed by atoms with Crippen LogP contribution in [0.5, 0.6) is 0 Å². The van der Waals surface area contributed by atoms with Gasteiger partial charge in [0.15, 0.2) is 0 Å². The Labute approximate surface area is 126 Å². The molecule has 0 saturated carbocycles. The number of hydrogen-bond donors (Lipinski definition) is 1. The molecule has 0 fully saturated rings. The average Bonchev–Trinajstić information content (AvgIpc) is 2.52. The molecule has 0 radical (unpaired) electrons. The van der Waals surface area contributed by atoms with E-state index < -0.39 is 0 Å². The third-order valence-electron chi connectivity index (χ3n) is 3.26. The average molecular weight is 285 g/mol. The van der Waals surface area contributed by atoms with Gasteiger partial charge in [-0.2, -0.15) is 0 Å². The Bertz CT molecular complexity index is 524. The predicted molar refractivity (Wildman–Crippen MR) is 85.2 cm³/mol. The fourth-order valence-electron chi connectivity index (χ4n) is 1.91. The second kappa shape index (κ2) is 7.69. The van der Waals surface area contributed by atoms with Gasteiger partial charge in [0.2, 0.25) is 0 Å². The van der Waals surface area contributed by atoms with Crippen molar-refractivity contribution in [3.63, 3.8) is 0 Å². The molecule has 0 amide bonds. The second-order valence-electron chi connectivity index (χ2n) is 5.43. The Kier molecular flexibility index (Phi) is 5.63. The molecule has 0 aromatic carbocycles. The van der Waals surface area contributed by atoms with E-state index in [2.05, 4.69) is 39.0 Å². The first-order valence-corrected chi connectivity index (χ1v) is 7.29. The SMILES string of the molecule is CC(C)NCc1cnc(N(C)CCc2ccncc2)cn1. The zero-order chi connectivity index (χ0) is 15.1. The van der Waals surface area contributed by atoms with Gasteiger partial charge in [-0.3, -0.25) is 9.97 Å². The fraction of sp³-hybridized carbons (Fsp3) is 0.438. The summed E-state index contributed by atoms with van der Waals surface area (Å²) in [7, 11) is 2.04. The smallest absolute Gasteiger partial charge is 0.146 e. The summed E-state index contributed by atoms with van der Waals surface area (Å²) in [6, 6.07) is 4.54. The van der Waals surface area contributed by atoms with Gasteiger partial charge in [0.1, 0.15) is 5.82 Å². The summed E-state index contributed by atoms with van der Waals surface area (Å²) in [5.41, 5.74) is 2.25. The van der Waals surface area contributed by atoms with Crippen LogP contribution in [0.15, 0.2) is 36.9 Å². The number of nitrogens with one attached hydrogen (secondary N) is 1. The number of likely N-dealkylation sites (N-methyl/N-ethyl adjacent to an activating group) is 1. The van der Waals surface area contributed by atoms with Crippen molar-refractivity contribution in [2.45, 2.75) is 32.9 Å². The molecule has 0 aliphatic carbocycles. The van der Waals surface area contributed by atoms with Crippen LogP contribution in [0, 0.1) is 0 Å². The maximum Gasteiger partial charge on any atom is 0.146 e. The molecule has 0 aliphatic heterocycles. The summed E-state index contributed by atoms with van der Waals surface area (Å²) in [5, 5.41) is 3.34. The second-order valence-corrected chi connectivity index (χ2v) is 5.43. The highest BCUT2D eigenvalue weighted by molar-refractivity contribution is 5.34. The lowest BCUT2D eigenvalue weighted by Gasteiger charge is -2.18. The van der Waals surface area contributed by atoms with Crippen LogP contribution in [0.2, 0.25) is 0 Å². The molecular weight excluding hydrogens is 262 g/mol. The topological polar surface area (TPSA) is 53.9 Å². The van der Waals surface area contributed by atoms with Crippen molar-refractivity contribution in [2.75, 3.05) is 18.5 Å². The Morgan fingerprint density at radius 3 is 2.52 bits per heavy atom. The van der Waals surface area contributed by atoms with Gasteiger partial charge in [-0.1, -0.05) is 13.8 Å². The van der Waals surface area contributed by atoms with E-state index in [1.165, 1.54) is 5.56 Å². The molecule has 2 aromatic heterocycles. The van der Waals surface area contributed by atoms with E-state index in [0.717, 1.165) is 31.0 Å². The molecule has 0 atom stereocenters. The monoisotopic (exact) mass is 285 g/mol. The minimum Gasteiger partial charge on any atom is -0.358 e. The van der Waals surface area contributed by atoms with Crippen molar-refractivity contribution in [3.8, 4) is 0 Å². The number of nitrogens with zero attached hydrogens (tertiary/aromatic N) is 4. The van der Waals surface area contributed by atoms with Crippen LogP contribution >= 0.6 is 0 Å². The maximum atomic E-state index is 4.48. The van der Waals surface area contributed by atoms with E-state index in [9.17, 15) is 0 Å². The summed E-state index contributed by atoms with van der Waals surface area (Å²) in [5.74, 6) is 0.900. The van der Waals surface area contributed by atoms with Gasteiger partial charge in [0.05, 0.1) is 18.1 Å². The van der Waals surface area contributed by atoms with Crippen LogP contribution in [-0.4, -0.2) is 34.6 Å². The highest BCUT2D eigenvalue weighted by Gasteiger charge is 2.04. The standard InChI is InChI=1S/C16H23N5/c1-13(2)18-10-15-11-20-16(12-19-15)21(3)9-6-14-4-7-17-8-5-14/h4-5,7-8,11-13,18H,6,9-10H2,1-3H3. The minimum atomic E-state index is 0.453. The summed E-state index contributed by atoms with van der Waals surface area (Å²) in [6.45, 7) is 5.90. The zero-order valence-corrected chi connectivity index (χ0v) is 13.0. The maximum absolute atomic E-state index is 4.48. The van der Waals surface area contributed by atoms with Crippen molar-refractivity contribution in [1.29, 1.82) is 0 Å². The number of hydrogen-bond acceptors (Lipinski definition) is 5. The van der Waals surface area contributed by atoms with Gasteiger partial charge in [0, 0.05) is 38.6 Å². The third-order valence-corrected chi connectivity index (χ3v) is 3.26. The van der Waals surface area contributed by atoms with E-state index in [1.54, 1.807) is 0 Å². The van der Waals surface area contributed by atoms with E-state index in [0.29, 0.717) is 6.04 Å². The van der Waals surface area contributed by atoms with Crippen molar-refractivity contribution in [2.24, 2.45) is 0 Å². The molecule has 5 heteroatoms. The lowest BCUT2D eigenvalue weighted by Crippen LogP contribution is -2.24. The lowest BCUT2D eigenvalue weighted by atomic mass is 10.2. The molecular formula is C16H23N5. The molecule has 5 nitrogen and oxygen atoms in total. The number of anilines is 1. The molecule has 112 valence electrons. The van der Waals surface area contributed by atoms with E-state index in [-0.39, 0.29) is 0 Å². The zero-order valence-electron chi connectivity index (χ0n) is 13.0. The van der Waals surface area contributed by atoms with Gasteiger partial charge >= 0.3 is 0 Å². The summed E-state index contributed by atoms with van der Waals surface area (Å²) in [6.07, 6.45) is 8.30. The molecule has 0 saturated heterocycles. The molecule has 1 N–H and O–H groups in total. The fourth-order valence-corrected chi connectivity index (χ4v) is 1.91. The van der Waals surface area contributed by atoms with Crippen LogP contribution in [-0.2, 0) is 13.0 Å². The van der Waals surface area contributed by atoms with Crippen LogP contribution in [0.3, 0.4) is 0 Å². The highest BCUT2D eigenvalue weighted by atomic mass is 15.2. The quantitative estimate of drug-likeness (QED) is 0.844. The molecule has 0 aliphatic rings. The first-order valence-electron chi connectivity index (χ1n) is 7.29. The van der Waals surface area contributed by atoms with E-state index in [4.69, 9.17) is 0 Å². The number of aromatic nitrogens is 3. The van der Waals surface area contributed by atoms with E-state index in [1.807, 2.05) is 44.0 Å². The molecule has 0 unspecified atom stereocenters. The van der Waals surface area contributed by atoms with Crippen molar-refractivity contribution in [1.82, 2.24) is 20.3 Å². The Morgan fingerprint density at radius 1 is 1.14 bits per heavy atom. The van der Waals surface area contributed by atoms with E-state index >= 15 is 0 Å². The largest absolute Gasteiger partial charge is 0.358 e. The molecule has 2 heterocycles. The predicted octanol–water partition coefficient (Wildman–Crippen LogP) is 2.05. The van der Waals surface area contributed by atoms with Crippen LogP contribution in [0.1, 0.15) is 25.1 Å². The Morgan fingerprint density at radius 2 is 1.90 bits per heavy atom. The Hall–Kier alpha value is -2.01. The Balaban J connectivity index is 1.86. The van der Waals surface area contributed by atoms with Gasteiger partial charge < -0.3 is 10.2 Å². The van der Waals surface area contributed by atoms with Gasteiger partial charge in [-0.25, -0.2) is 4.98 Å². The van der Waals surface area contributed by atoms with Gasteiger partial charge in [0.25, 0.3) is 0 Å². The molecule has 2 aromatic rings. The molecule has 0 bridgehead atoms. The lowest BCUT2D eigenvalue weighted by molar-refractivity contribution is 0.580. The molecule has 0 spiro atoms. The first kappa shape index (κ1) is 15.4.